The van der Waals surface area contributed by atoms with Gasteiger partial charge in [0.25, 0.3) is 0 Å². The van der Waals surface area contributed by atoms with E-state index in [1.165, 1.54) is 6.08 Å². The standard InChI is InChI=1S/C13H17N3O2S/c1-4-18-13(17)7-9(2)12-6-5-11(19-12)8-10(3)15-16-14/h5-7,10H,4,8H2,1-3H3/t10-/m1/s1. The van der Waals surface area contributed by atoms with E-state index in [4.69, 9.17) is 10.3 Å². The topological polar surface area (TPSA) is 75.1 Å². The fourth-order valence-corrected chi connectivity index (χ4v) is 2.65. The van der Waals surface area contributed by atoms with Gasteiger partial charge < -0.3 is 4.74 Å². The van der Waals surface area contributed by atoms with Gasteiger partial charge in [0.15, 0.2) is 0 Å². The van der Waals surface area contributed by atoms with Crippen molar-refractivity contribution in [2.24, 2.45) is 5.11 Å². The lowest BCUT2D eigenvalue weighted by atomic mass is 10.2. The summed E-state index contributed by atoms with van der Waals surface area (Å²) >= 11 is 1.60. The number of carbonyl (C=O) groups is 1. The van der Waals surface area contributed by atoms with Crippen molar-refractivity contribution in [2.45, 2.75) is 33.2 Å². The minimum Gasteiger partial charge on any atom is -0.463 e. The molecule has 5 nitrogen and oxygen atoms in total. The highest BCUT2D eigenvalue weighted by Crippen LogP contribution is 2.25. The molecule has 0 fully saturated rings. The third-order valence-corrected chi connectivity index (χ3v) is 3.66. The van der Waals surface area contributed by atoms with E-state index in [9.17, 15) is 4.79 Å². The van der Waals surface area contributed by atoms with Gasteiger partial charge in [0.2, 0.25) is 0 Å². The van der Waals surface area contributed by atoms with E-state index in [1.54, 1.807) is 18.3 Å². The van der Waals surface area contributed by atoms with Gasteiger partial charge in [-0.05, 0) is 43.5 Å². The highest BCUT2D eigenvalue weighted by molar-refractivity contribution is 7.13. The molecule has 0 spiro atoms. The van der Waals surface area contributed by atoms with Crippen molar-refractivity contribution in [1.82, 2.24) is 0 Å². The van der Waals surface area contributed by atoms with Gasteiger partial charge in [-0.3, -0.25) is 0 Å². The van der Waals surface area contributed by atoms with Crippen LogP contribution in [-0.4, -0.2) is 18.6 Å². The van der Waals surface area contributed by atoms with E-state index in [0.29, 0.717) is 13.0 Å². The Morgan fingerprint density at radius 2 is 2.37 bits per heavy atom. The summed E-state index contributed by atoms with van der Waals surface area (Å²) in [6.45, 7) is 5.91. The lowest BCUT2D eigenvalue weighted by molar-refractivity contribution is -0.137. The monoisotopic (exact) mass is 279 g/mol. The molecule has 1 atom stereocenters. The number of ether oxygens (including phenoxy) is 1. The number of nitrogens with zero attached hydrogens (tertiary/aromatic N) is 3. The molecule has 1 rings (SSSR count). The molecule has 0 bridgehead atoms. The summed E-state index contributed by atoms with van der Waals surface area (Å²) in [7, 11) is 0. The molecule has 0 N–H and O–H groups in total. The first-order valence-corrected chi connectivity index (χ1v) is 6.86. The molecule has 102 valence electrons. The Labute approximate surface area is 116 Å². The highest BCUT2D eigenvalue weighted by atomic mass is 32.1. The quantitative estimate of drug-likeness (QED) is 0.260. The smallest absolute Gasteiger partial charge is 0.331 e. The Morgan fingerprint density at radius 3 is 3.00 bits per heavy atom. The molecular formula is C13H17N3O2S. The van der Waals surface area contributed by atoms with Crippen LogP contribution in [0.3, 0.4) is 0 Å². The second-order valence-electron chi connectivity index (χ2n) is 4.10. The van der Waals surface area contributed by atoms with Crippen LogP contribution in [-0.2, 0) is 16.0 Å². The summed E-state index contributed by atoms with van der Waals surface area (Å²) in [6, 6.07) is 3.89. The molecule has 1 aromatic rings. The van der Waals surface area contributed by atoms with Gasteiger partial charge in [-0.2, -0.15) is 0 Å². The molecule has 0 aliphatic rings. The summed E-state index contributed by atoms with van der Waals surface area (Å²) in [4.78, 5) is 16.3. The molecule has 0 unspecified atom stereocenters. The molecule has 0 saturated heterocycles. The van der Waals surface area contributed by atoms with Crippen LogP contribution in [0.4, 0.5) is 0 Å². The number of hydrogen-bond acceptors (Lipinski definition) is 4. The Morgan fingerprint density at radius 1 is 1.63 bits per heavy atom. The second kappa shape index (κ2) is 7.61. The molecule has 6 heteroatoms. The van der Waals surface area contributed by atoms with Crippen molar-refractivity contribution in [3.05, 3.63) is 38.4 Å². The van der Waals surface area contributed by atoms with Crippen LogP contribution in [0.1, 0.15) is 30.5 Å². The molecule has 0 radical (unpaired) electrons. The Hall–Kier alpha value is -1.78. The first-order chi connectivity index (χ1) is 9.06. The normalized spacial score (nSPS) is 12.7. The largest absolute Gasteiger partial charge is 0.463 e. The lowest BCUT2D eigenvalue weighted by Crippen LogP contribution is -2.00. The number of thiophene rings is 1. The van der Waals surface area contributed by atoms with E-state index in [1.807, 2.05) is 26.0 Å². The number of allylic oxidation sites excluding steroid dienone is 1. The van der Waals surface area contributed by atoms with Gasteiger partial charge in [0.1, 0.15) is 0 Å². The number of rotatable bonds is 6. The highest BCUT2D eigenvalue weighted by Gasteiger charge is 2.07. The van der Waals surface area contributed by atoms with E-state index in [2.05, 4.69) is 10.0 Å². The number of carbonyl (C=O) groups excluding carboxylic acids is 1. The zero-order valence-corrected chi connectivity index (χ0v) is 12.1. The van der Waals surface area contributed by atoms with Gasteiger partial charge in [-0.15, -0.1) is 11.3 Å². The summed E-state index contributed by atoms with van der Waals surface area (Å²) in [5.74, 6) is -0.322. The summed E-state index contributed by atoms with van der Waals surface area (Å²) in [6.07, 6.45) is 2.21. The lowest BCUT2D eigenvalue weighted by Gasteiger charge is -2.01. The number of azide groups is 1. The van der Waals surface area contributed by atoms with Crippen molar-refractivity contribution in [1.29, 1.82) is 0 Å². The maximum Gasteiger partial charge on any atom is 0.331 e. The Balaban J connectivity index is 2.73. The third kappa shape index (κ3) is 5.16. The average Bonchev–Trinajstić information content (AvgIpc) is 2.78. The number of esters is 1. The predicted octanol–water partition coefficient (Wildman–Crippen LogP) is 3.96. The average molecular weight is 279 g/mol. The van der Waals surface area contributed by atoms with E-state index < -0.39 is 0 Å². The van der Waals surface area contributed by atoms with Crippen molar-refractivity contribution in [3.63, 3.8) is 0 Å². The SMILES string of the molecule is CCOC(=O)C=C(C)c1ccc(C[C@@H](C)N=[N+]=[N-])s1. The van der Waals surface area contributed by atoms with Crippen LogP contribution < -0.4 is 0 Å². The maximum absolute atomic E-state index is 11.3. The third-order valence-electron chi connectivity index (χ3n) is 2.42. The van der Waals surface area contributed by atoms with E-state index in [0.717, 1.165) is 15.3 Å². The van der Waals surface area contributed by atoms with Gasteiger partial charge >= 0.3 is 5.97 Å². The van der Waals surface area contributed by atoms with Gasteiger partial charge in [-0.1, -0.05) is 12.0 Å². The van der Waals surface area contributed by atoms with Crippen LogP contribution in [0, 0.1) is 0 Å². The van der Waals surface area contributed by atoms with Gasteiger partial charge in [-0.25, -0.2) is 4.79 Å². The van der Waals surface area contributed by atoms with Crippen molar-refractivity contribution < 1.29 is 9.53 Å². The van der Waals surface area contributed by atoms with Crippen LogP contribution in [0.5, 0.6) is 0 Å². The molecule has 19 heavy (non-hydrogen) atoms. The van der Waals surface area contributed by atoms with E-state index >= 15 is 0 Å². The van der Waals surface area contributed by atoms with Crippen LogP contribution in [0.25, 0.3) is 16.0 Å². The Bertz CT molecular complexity index is 516. The zero-order valence-electron chi connectivity index (χ0n) is 11.3. The molecule has 0 saturated carbocycles. The molecule has 0 aliphatic heterocycles. The molecular weight excluding hydrogens is 262 g/mol. The molecule has 1 aromatic heterocycles. The van der Waals surface area contributed by atoms with Crippen LogP contribution >= 0.6 is 11.3 Å². The molecule has 0 aromatic carbocycles. The first kappa shape index (κ1) is 15.3. The predicted molar refractivity (Wildman–Crippen MR) is 76.9 cm³/mol. The summed E-state index contributed by atoms with van der Waals surface area (Å²) in [5, 5.41) is 3.65. The molecule has 1 heterocycles. The maximum atomic E-state index is 11.3. The first-order valence-electron chi connectivity index (χ1n) is 6.05. The van der Waals surface area contributed by atoms with Crippen LogP contribution in [0.15, 0.2) is 23.3 Å². The minimum absolute atomic E-state index is 0.0640. The fourth-order valence-electron chi connectivity index (χ4n) is 1.55. The van der Waals surface area contributed by atoms with Crippen molar-refractivity contribution in [2.75, 3.05) is 6.61 Å². The minimum atomic E-state index is -0.322. The van der Waals surface area contributed by atoms with Crippen molar-refractivity contribution in [3.8, 4) is 0 Å². The van der Waals surface area contributed by atoms with E-state index in [-0.39, 0.29) is 12.0 Å². The van der Waals surface area contributed by atoms with Gasteiger partial charge in [0.05, 0.1) is 6.61 Å². The number of hydrogen-bond donors (Lipinski definition) is 0. The molecule has 0 amide bonds. The summed E-state index contributed by atoms with van der Waals surface area (Å²) in [5.41, 5.74) is 9.24. The van der Waals surface area contributed by atoms with Crippen LogP contribution in [0.2, 0.25) is 0 Å². The molecule has 0 aliphatic carbocycles. The van der Waals surface area contributed by atoms with Gasteiger partial charge in [0, 0.05) is 26.8 Å². The second-order valence-corrected chi connectivity index (χ2v) is 5.27. The fraction of sp³-hybridized carbons (Fsp3) is 0.462. The Kier molecular flexibility index (Phi) is 6.12. The summed E-state index contributed by atoms with van der Waals surface area (Å²) < 4.78 is 4.87. The zero-order chi connectivity index (χ0) is 14.3. The van der Waals surface area contributed by atoms with Crippen molar-refractivity contribution >= 4 is 22.9 Å².